The first kappa shape index (κ1) is 44.6. The zero-order chi connectivity index (χ0) is 45.3. The molecule has 2 aromatic carbocycles. The highest BCUT2D eigenvalue weighted by Crippen LogP contribution is 2.37. The molecule has 2 aliphatic rings. The number of thioether (sulfide) groups is 1. The van der Waals surface area contributed by atoms with E-state index < -0.39 is 34.1 Å². The molecule has 2 aliphatic carbocycles. The molecule has 0 spiro atoms. The van der Waals surface area contributed by atoms with Crippen LogP contribution in [-0.4, -0.2) is 65.6 Å². The van der Waals surface area contributed by atoms with Crippen molar-refractivity contribution in [2.24, 2.45) is 28.2 Å². The van der Waals surface area contributed by atoms with Gasteiger partial charge in [0.25, 0.3) is 11.1 Å². The van der Waals surface area contributed by atoms with E-state index in [1.54, 1.807) is 46.3 Å². The number of allylic oxidation sites excluding steroid dienone is 4. The van der Waals surface area contributed by atoms with Crippen molar-refractivity contribution < 1.29 is 28.7 Å². The average Bonchev–Trinajstić information content (AvgIpc) is 3.28. The molecule has 0 saturated carbocycles. The molecule has 0 atom stereocenters. The van der Waals surface area contributed by atoms with Gasteiger partial charge in [0.15, 0.2) is 17.3 Å². The molecule has 0 saturated heterocycles. The number of fused-ring (bicyclic) bond motifs is 6. The maximum atomic E-state index is 13.4. The maximum Gasteiger partial charge on any atom is 0.332 e. The third-order valence-electron chi connectivity index (χ3n) is 10.2. The van der Waals surface area contributed by atoms with Crippen LogP contribution < -0.4 is 32.0 Å². The third kappa shape index (κ3) is 8.01. The monoisotopic (exact) mass is 876 g/mol. The number of thiol groups is 1. The highest BCUT2D eigenvalue weighted by Gasteiger charge is 2.34. The highest BCUT2D eigenvalue weighted by molar-refractivity contribution is 8.04. The van der Waals surface area contributed by atoms with Crippen LogP contribution in [0.5, 0.6) is 11.5 Å². The fraction of sp³-hybridized carbons (Fsp3) is 0.227. The van der Waals surface area contributed by atoms with Gasteiger partial charge in [0.2, 0.25) is 5.78 Å². The first-order valence-corrected chi connectivity index (χ1v) is 20.2. The molecule has 18 heteroatoms. The average molecular weight is 877 g/mol. The lowest BCUT2D eigenvalue weighted by atomic mass is 9.90. The molecule has 4 aromatic heterocycles. The first-order valence-electron chi connectivity index (χ1n) is 19.0. The van der Waals surface area contributed by atoms with Gasteiger partial charge >= 0.3 is 11.4 Å². The Morgan fingerprint density at radius 3 is 1.55 bits per heavy atom. The molecule has 0 fully saturated rings. The van der Waals surface area contributed by atoms with Gasteiger partial charge in [-0.3, -0.25) is 47.0 Å². The summed E-state index contributed by atoms with van der Waals surface area (Å²) in [7, 11) is 8.82. The lowest BCUT2D eigenvalue weighted by Gasteiger charge is -2.20. The molecule has 8 rings (SSSR count). The number of aromatic nitrogens is 6. The summed E-state index contributed by atoms with van der Waals surface area (Å²) in [6.07, 6.45) is 4.35. The number of ketones is 4. The minimum absolute atomic E-state index is 0.0121. The van der Waals surface area contributed by atoms with E-state index in [1.165, 1.54) is 49.5 Å². The summed E-state index contributed by atoms with van der Waals surface area (Å²) in [5.41, 5.74) is -0.991. The fourth-order valence-corrected chi connectivity index (χ4v) is 8.11. The molecule has 318 valence electrons. The molecule has 0 amide bonds. The van der Waals surface area contributed by atoms with Gasteiger partial charge in [-0.05, 0) is 61.4 Å². The van der Waals surface area contributed by atoms with E-state index >= 15 is 0 Å². The molecule has 0 aliphatic heterocycles. The van der Waals surface area contributed by atoms with E-state index in [0.717, 1.165) is 42.5 Å². The molecular weight excluding hydrogens is 837 g/mol. The van der Waals surface area contributed by atoms with Gasteiger partial charge in [0.05, 0.1) is 63.5 Å². The highest BCUT2D eigenvalue weighted by atomic mass is 32.2. The van der Waals surface area contributed by atoms with E-state index in [4.69, 9.17) is 9.47 Å². The number of hydrogen-bond donors (Lipinski definition) is 1. The lowest BCUT2D eigenvalue weighted by Crippen LogP contribution is -2.39. The minimum Gasteiger partial charge on any atom is -0.497 e. The van der Waals surface area contributed by atoms with Crippen molar-refractivity contribution in [2.45, 2.75) is 36.5 Å². The molecule has 0 unspecified atom stereocenters. The number of benzene rings is 2. The third-order valence-corrected chi connectivity index (χ3v) is 11.4. The fourth-order valence-electron chi connectivity index (χ4n) is 6.96. The molecule has 0 radical (unpaired) electrons. The summed E-state index contributed by atoms with van der Waals surface area (Å²) in [4.78, 5) is 111. The first-order chi connectivity index (χ1) is 29.5. The second-order valence-corrected chi connectivity index (χ2v) is 15.5. The quantitative estimate of drug-likeness (QED) is 0.232. The predicted octanol–water partition coefficient (Wildman–Crippen LogP) is 4.37. The molecule has 4 heterocycles. The number of hydrogen-bond acceptors (Lipinski definition) is 14. The Morgan fingerprint density at radius 2 is 1.06 bits per heavy atom. The van der Waals surface area contributed by atoms with Crippen molar-refractivity contribution in [1.29, 1.82) is 0 Å². The Kier molecular flexibility index (Phi) is 12.9. The Morgan fingerprint density at radius 1 is 0.597 bits per heavy atom. The van der Waals surface area contributed by atoms with Crippen LogP contribution in [0.2, 0.25) is 0 Å². The number of nitrogens with zero attached hydrogens (tertiary/aromatic N) is 6. The van der Waals surface area contributed by atoms with Crippen molar-refractivity contribution in [2.75, 3.05) is 14.2 Å². The summed E-state index contributed by atoms with van der Waals surface area (Å²) >= 11 is 5.28. The van der Waals surface area contributed by atoms with E-state index in [-0.39, 0.29) is 60.8 Å². The normalized spacial score (nSPS) is 12.9. The second kappa shape index (κ2) is 18.0. The lowest BCUT2D eigenvalue weighted by molar-refractivity contribution is 0.0991. The SMILES string of the molecule is CCc1nc2c(c3c1C(=O)C(Sc1cccc(OC)c1)=CC3=O)c(=O)n(C)c(=O)n2C.CCc1nc2c(c3c1C(=O)C=CC3=O)c(=O)n(C)c(=O)n2C.COc1cccc(S)c1. The number of methoxy groups -OCH3 is 2. The van der Waals surface area contributed by atoms with Crippen molar-refractivity contribution in [3.63, 3.8) is 0 Å². The minimum atomic E-state index is -0.650. The summed E-state index contributed by atoms with van der Waals surface area (Å²) < 4.78 is 14.4. The van der Waals surface area contributed by atoms with E-state index in [0.29, 0.717) is 30.0 Å². The van der Waals surface area contributed by atoms with Gasteiger partial charge in [0.1, 0.15) is 22.8 Å². The molecular formula is C44H40N6O10S2. The van der Waals surface area contributed by atoms with Crippen LogP contribution >= 0.6 is 24.4 Å². The smallest absolute Gasteiger partial charge is 0.332 e. The van der Waals surface area contributed by atoms with Crippen molar-refractivity contribution in [1.82, 2.24) is 28.2 Å². The van der Waals surface area contributed by atoms with Crippen LogP contribution in [0, 0.1) is 0 Å². The second-order valence-electron chi connectivity index (χ2n) is 13.9. The standard InChI is InChI=1S/C22H19N3O5S.C15H13N3O4.C7H8OS/c1-5-13-16-17(18-20(23-13)24(2)22(29)25(3)21(18)28)14(26)10-15(19(16)27)31-12-8-6-7-11(9-12)30-4;1-4-7-10-8(19)5-6-9(20)11(10)12-13(16-7)17(2)15(22)18(3)14(12)21;1-8-6-3-2-4-7(9)5-6/h6-10H,5H2,1-4H3;5-6H,4H2,1-3H3;2-5,9H,1H3. The zero-order valence-electron chi connectivity index (χ0n) is 34.9. The molecule has 62 heavy (non-hydrogen) atoms. The summed E-state index contributed by atoms with van der Waals surface area (Å²) in [6.45, 7) is 3.60. The van der Waals surface area contributed by atoms with Crippen LogP contribution in [0.15, 0.2) is 101 Å². The van der Waals surface area contributed by atoms with Gasteiger partial charge in [-0.1, -0.05) is 37.7 Å². The molecule has 0 bridgehead atoms. The number of Topliss-reactive ketones (excluding diaryl/α,β-unsaturated/α-hetero) is 1. The van der Waals surface area contributed by atoms with Crippen LogP contribution in [0.3, 0.4) is 0 Å². The Labute approximate surface area is 362 Å². The van der Waals surface area contributed by atoms with Gasteiger partial charge in [0, 0.05) is 44.1 Å². The van der Waals surface area contributed by atoms with Crippen LogP contribution in [0.25, 0.3) is 22.1 Å². The van der Waals surface area contributed by atoms with Crippen molar-refractivity contribution in [3.05, 3.63) is 147 Å². The van der Waals surface area contributed by atoms with E-state index in [1.807, 2.05) is 30.3 Å². The Balaban J connectivity index is 0.000000179. The van der Waals surface area contributed by atoms with E-state index in [9.17, 15) is 38.4 Å². The zero-order valence-corrected chi connectivity index (χ0v) is 36.6. The number of ether oxygens (including phenoxy) is 2. The van der Waals surface area contributed by atoms with Gasteiger partial charge < -0.3 is 9.47 Å². The Hall–Kier alpha value is -6.92. The van der Waals surface area contributed by atoms with Crippen LogP contribution in [0.1, 0.15) is 66.7 Å². The van der Waals surface area contributed by atoms with Crippen molar-refractivity contribution >= 4 is 69.6 Å². The number of carbonyl (C=O) groups is 4. The van der Waals surface area contributed by atoms with Crippen LogP contribution in [-0.2, 0) is 41.0 Å². The maximum absolute atomic E-state index is 13.4. The topological polar surface area (TPSA) is 201 Å². The summed E-state index contributed by atoms with van der Waals surface area (Å²) in [5.74, 6) is -0.124. The Bertz CT molecular complexity index is 3230. The number of rotatable bonds is 6. The molecule has 0 N–H and O–H groups in total. The van der Waals surface area contributed by atoms with E-state index in [2.05, 4.69) is 22.6 Å². The van der Waals surface area contributed by atoms with Gasteiger partial charge in [-0.2, -0.15) is 0 Å². The van der Waals surface area contributed by atoms with Crippen molar-refractivity contribution in [3.8, 4) is 11.5 Å². The van der Waals surface area contributed by atoms with Crippen LogP contribution in [0.4, 0.5) is 0 Å². The largest absolute Gasteiger partial charge is 0.497 e. The molecule has 16 nitrogen and oxygen atoms in total. The number of carbonyl (C=O) groups excluding carboxylic acids is 4. The number of aryl methyl sites for hydroxylation is 4. The van der Waals surface area contributed by atoms with Gasteiger partial charge in [-0.15, -0.1) is 12.6 Å². The number of pyridine rings is 2. The van der Waals surface area contributed by atoms with Gasteiger partial charge in [-0.25, -0.2) is 19.6 Å². The summed E-state index contributed by atoms with van der Waals surface area (Å²) in [6, 6.07) is 14.7. The predicted molar refractivity (Wildman–Crippen MR) is 237 cm³/mol. The molecule has 6 aromatic rings. The summed E-state index contributed by atoms with van der Waals surface area (Å²) in [5, 5.41) is -0.00340.